The second-order valence-corrected chi connectivity index (χ2v) is 6.53. The molecule has 1 aliphatic heterocycles. The second kappa shape index (κ2) is 6.18. The molecule has 0 aromatic carbocycles. The zero-order chi connectivity index (χ0) is 13.1. The smallest absolute Gasteiger partial charge is 0.205 e. The molecule has 2 heterocycles. The van der Waals surface area contributed by atoms with Crippen LogP contribution in [0.4, 0.5) is 5.13 Å². The molecular weight excluding hydrogens is 256 g/mol. The van der Waals surface area contributed by atoms with Crippen LogP contribution in [0.2, 0.25) is 0 Å². The number of unbranched alkanes of at least 4 members (excludes halogenated alkanes) is 1. The van der Waals surface area contributed by atoms with Crippen molar-refractivity contribution < 1.29 is 0 Å². The number of rotatable bonds is 7. The Hall–Kier alpha value is -0.680. The fourth-order valence-corrected chi connectivity index (χ4v) is 3.44. The largest absolute Gasteiger partial charge is 0.345 e. The van der Waals surface area contributed by atoms with Gasteiger partial charge in [-0.15, -0.1) is 0 Å². The average molecular weight is 280 g/mol. The molecule has 1 atom stereocenters. The number of aromatic nitrogens is 2. The van der Waals surface area contributed by atoms with E-state index in [9.17, 15) is 0 Å². The SMILES string of the molecule is CCCCN(CC1CCCN1)c1nc(C2CC2)ns1. The third-order valence-electron chi connectivity index (χ3n) is 4.03. The highest BCUT2D eigenvalue weighted by atomic mass is 32.1. The van der Waals surface area contributed by atoms with E-state index in [2.05, 4.69) is 21.5 Å². The topological polar surface area (TPSA) is 41.0 Å². The zero-order valence-electron chi connectivity index (χ0n) is 11.8. The molecule has 0 radical (unpaired) electrons. The van der Waals surface area contributed by atoms with Crippen molar-refractivity contribution in [2.24, 2.45) is 0 Å². The van der Waals surface area contributed by atoms with Crippen molar-refractivity contribution in [3.63, 3.8) is 0 Å². The quantitative estimate of drug-likeness (QED) is 0.834. The van der Waals surface area contributed by atoms with Crippen molar-refractivity contribution in [2.45, 2.75) is 57.4 Å². The Morgan fingerprint density at radius 2 is 2.26 bits per heavy atom. The third-order valence-corrected chi connectivity index (χ3v) is 4.82. The normalized spacial score (nSPS) is 22.9. The number of hydrogen-bond acceptors (Lipinski definition) is 5. The summed E-state index contributed by atoms with van der Waals surface area (Å²) in [6, 6.07) is 0.644. The maximum absolute atomic E-state index is 4.77. The van der Waals surface area contributed by atoms with Gasteiger partial charge in [-0.1, -0.05) is 13.3 Å². The Kier molecular flexibility index (Phi) is 4.33. The van der Waals surface area contributed by atoms with Crippen molar-refractivity contribution in [2.75, 3.05) is 24.5 Å². The van der Waals surface area contributed by atoms with Crippen molar-refractivity contribution in [1.82, 2.24) is 14.7 Å². The Labute approximate surface area is 119 Å². The first-order valence-electron chi connectivity index (χ1n) is 7.68. The average Bonchev–Trinajstić information content (AvgIpc) is 2.94. The number of nitrogens with one attached hydrogen (secondary N) is 1. The Morgan fingerprint density at radius 3 is 2.95 bits per heavy atom. The van der Waals surface area contributed by atoms with Crippen LogP contribution in [-0.4, -0.2) is 35.0 Å². The maximum atomic E-state index is 4.77. The Balaban J connectivity index is 1.64. The molecule has 2 aliphatic rings. The van der Waals surface area contributed by atoms with Crippen LogP contribution < -0.4 is 10.2 Å². The lowest BCUT2D eigenvalue weighted by Gasteiger charge is -2.24. The molecule has 1 saturated carbocycles. The van der Waals surface area contributed by atoms with Crippen molar-refractivity contribution >= 4 is 16.7 Å². The number of hydrogen-bond donors (Lipinski definition) is 1. The molecule has 106 valence electrons. The van der Waals surface area contributed by atoms with E-state index in [0.29, 0.717) is 12.0 Å². The molecule has 0 spiro atoms. The first kappa shape index (κ1) is 13.3. The number of nitrogens with zero attached hydrogens (tertiary/aromatic N) is 3. The lowest BCUT2D eigenvalue weighted by atomic mass is 10.2. The molecular formula is C14H24N4S. The van der Waals surface area contributed by atoms with Gasteiger partial charge in [0.25, 0.3) is 0 Å². The summed E-state index contributed by atoms with van der Waals surface area (Å²) < 4.78 is 4.55. The van der Waals surface area contributed by atoms with Gasteiger partial charge in [-0.25, -0.2) is 4.98 Å². The zero-order valence-corrected chi connectivity index (χ0v) is 12.6. The van der Waals surface area contributed by atoms with E-state index in [1.807, 2.05) is 0 Å². The summed E-state index contributed by atoms with van der Waals surface area (Å²) >= 11 is 1.60. The molecule has 0 amide bonds. The minimum absolute atomic E-state index is 0.644. The van der Waals surface area contributed by atoms with Gasteiger partial charge in [0.05, 0.1) is 0 Å². The van der Waals surface area contributed by atoms with Crippen LogP contribution in [0.25, 0.3) is 0 Å². The first-order chi connectivity index (χ1) is 9.36. The predicted molar refractivity (Wildman–Crippen MR) is 80.0 cm³/mol. The summed E-state index contributed by atoms with van der Waals surface area (Å²) in [7, 11) is 0. The fraction of sp³-hybridized carbons (Fsp3) is 0.857. The van der Waals surface area contributed by atoms with Gasteiger partial charge >= 0.3 is 0 Å². The van der Waals surface area contributed by atoms with E-state index >= 15 is 0 Å². The lowest BCUT2D eigenvalue weighted by Crippen LogP contribution is -2.38. The van der Waals surface area contributed by atoms with Gasteiger partial charge in [-0.2, -0.15) is 4.37 Å². The van der Waals surface area contributed by atoms with Gasteiger partial charge in [0.15, 0.2) is 0 Å². The molecule has 0 bridgehead atoms. The Morgan fingerprint density at radius 1 is 1.37 bits per heavy atom. The van der Waals surface area contributed by atoms with Gasteiger partial charge in [0.1, 0.15) is 5.82 Å². The lowest BCUT2D eigenvalue weighted by molar-refractivity contribution is 0.571. The molecule has 5 heteroatoms. The highest BCUT2D eigenvalue weighted by Crippen LogP contribution is 2.39. The summed E-state index contributed by atoms with van der Waals surface area (Å²) in [5.41, 5.74) is 0. The third kappa shape index (κ3) is 3.45. The molecule has 1 unspecified atom stereocenters. The summed E-state index contributed by atoms with van der Waals surface area (Å²) in [4.78, 5) is 7.23. The molecule has 2 fully saturated rings. The Bertz CT molecular complexity index is 396. The maximum Gasteiger partial charge on any atom is 0.205 e. The fourth-order valence-electron chi connectivity index (χ4n) is 2.65. The summed E-state index contributed by atoms with van der Waals surface area (Å²) in [6.07, 6.45) is 7.67. The van der Waals surface area contributed by atoms with E-state index in [1.165, 1.54) is 45.1 Å². The van der Waals surface area contributed by atoms with Gasteiger partial charge in [0.2, 0.25) is 5.13 Å². The van der Waals surface area contributed by atoms with E-state index in [0.717, 1.165) is 24.0 Å². The van der Waals surface area contributed by atoms with Crippen LogP contribution in [0.5, 0.6) is 0 Å². The number of anilines is 1. The monoisotopic (exact) mass is 280 g/mol. The van der Waals surface area contributed by atoms with Crippen molar-refractivity contribution in [3.05, 3.63) is 5.82 Å². The minimum atomic E-state index is 0.644. The van der Waals surface area contributed by atoms with E-state index in [4.69, 9.17) is 4.98 Å². The van der Waals surface area contributed by atoms with Crippen LogP contribution in [0, 0.1) is 0 Å². The molecule has 1 saturated heterocycles. The molecule has 1 aromatic heterocycles. The molecule has 3 rings (SSSR count). The van der Waals surface area contributed by atoms with Crippen molar-refractivity contribution in [3.8, 4) is 0 Å². The molecule has 1 N–H and O–H groups in total. The van der Waals surface area contributed by atoms with Gasteiger partial charge in [-0.05, 0) is 38.6 Å². The van der Waals surface area contributed by atoms with Crippen LogP contribution in [0.1, 0.15) is 57.2 Å². The minimum Gasteiger partial charge on any atom is -0.345 e. The van der Waals surface area contributed by atoms with E-state index in [1.54, 1.807) is 11.5 Å². The molecule has 1 aromatic rings. The molecule has 1 aliphatic carbocycles. The van der Waals surface area contributed by atoms with Crippen molar-refractivity contribution in [1.29, 1.82) is 0 Å². The molecule has 4 nitrogen and oxygen atoms in total. The van der Waals surface area contributed by atoms with Crippen LogP contribution >= 0.6 is 11.5 Å². The van der Waals surface area contributed by atoms with Crippen LogP contribution in [0.3, 0.4) is 0 Å². The van der Waals surface area contributed by atoms with Crippen LogP contribution in [-0.2, 0) is 0 Å². The predicted octanol–water partition coefficient (Wildman–Crippen LogP) is 2.77. The highest BCUT2D eigenvalue weighted by Gasteiger charge is 2.29. The van der Waals surface area contributed by atoms with Gasteiger partial charge in [0, 0.05) is 36.6 Å². The van der Waals surface area contributed by atoms with Gasteiger partial charge in [-0.3, -0.25) is 0 Å². The summed E-state index contributed by atoms with van der Waals surface area (Å²) in [5.74, 6) is 1.77. The van der Waals surface area contributed by atoms with E-state index < -0.39 is 0 Å². The summed E-state index contributed by atoms with van der Waals surface area (Å²) in [5, 5.41) is 4.73. The molecule has 19 heavy (non-hydrogen) atoms. The standard InChI is InChI=1S/C14H24N4S/c1-2-3-9-18(10-12-5-4-8-15-12)14-16-13(17-19-14)11-6-7-11/h11-12,15H,2-10H2,1H3. The first-order valence-corrected chi connectivity index (χ1v) is 8.46. The highest BCUT2D eigenvalue weighted by molar-refractivity contribution is 7.09. The van der Waals surface area contributed by atoms with Gasteiger partial charge < -0.3 is 10.2 Å². The second-order valence-electron chi connectivity index (χ2n) is 5.80. The van der Waals surface area contributed by atoms with Crippen LogP contribution in [0.15, 0.2) is 0 Å². The summed E-state index contributed by atoms with van der Waals surface area (Å²) in [6.45, 7) is 5.64. The van der Waals surface area contributed by atoms with E-state index in [-0.39, 0.29) is 0 Å².